The van der Waals surface area contributed by atoms with Gasteiger partial charge in [-0.25, -0.2) is 9.82 Å². The third-order valence-corrected chi connectivity index (χ3v) is 4.16. The van der Waals surface area contributed by atoms with Crippen molar-refractivity contribution < 1.29 is 4.39 Å². The molecule has 0 heterocycles. The quantitative estimate of drug-likeness (QED) is 0.624. The van der Waals surface area contributed by atoms with E-state index >= 15 is 0 Å². The van der Waals surface area contributed by atoms with Crippen molar-refractivity contribution in [2.75, 3.05) is 0 Å². The Morgan fingerprint density at radius 3 is 2.47 bits per heavy atom. The highest BCUT2D eigenvalue weighted by atomic mass is 79.9. The molecule has 0 aromatic heterocycles. The van der Waals surface area contributed by atoms with Gasteiger partial charge in [0.1, 0.15) is 5.82 Å². The summed E-state index contributed by atoms with van der Waals surface area (Å²) in [4.78, 5) is 0. The van der Waals surface area contributed by atoms with E-state index in [-0.39, 0.29) is 5.82 Å². The van der Waals surface area contributed by atoms with Crippen LogP contribution in [0.2, 0.25) is 10.0 Å². The molecule has 0 radical (unpaired) electrons. The van der Waals surface area contributed by atoms with Crippen LogP contribution in [-0.4, -0.2) is 0 Å². The summed E-state index contributed by atoms with van der Waals surface area (Å²) < 4.78 is 14.6. The summed E-state index contributed by atoms with van der Waals surface area (Å²) >= 11 is 15.2. The van der Waals surface area contributed by atoms with E-state index in [1.807, 2.05) is 0 Å². The van der Waals surface area contributed by atoms with E-state index in [9.17, 15) is 4.39 Å². The first-order valence-corrected chi connectivity index (χ1v) is 6.94. The van der Waals surface area contributed by atoms with E-state index in [1.165, 1.54) is 6.07 Å². The maximum absolute atomic E-state index is 14.0. The van der Waals surface area contributed by atoms with Crippen molar-refractivity contribution in [3.63, 3.8) is 0 Å². The molecule has 0 aliphatic rings. The van der Waals surface area contributed by atoms with Crippen LogP contribution in [0.4, 0.5) is 4.39 Å². The van der Waals surface area contributed by atoms with Gasteiger partial charge in [0, 0.05) is 10.0 Å². The molecule has 1 unspecified atom stereocenters. The Morgan fingerprint density at radius 1 is 1.16 bits per heavy atom. The summed E-state index contributed by atoms with van der Waals surface area (Å²) in [5, 5.41) is 0.834. The lowest BCUT2D eigenvalue weighted by molar-refractivity contribution is 0.558. The molecule has 100 valence electrons. The van der Waals surface area contributed by atoms with Crippen molar-refractivity contribution in [2.45, 2.75) is 6.04 Å². The summed E-state index contributed by atoms with van der Waals surface area (Å²) in [6.07, 6.45) is 0. The Labute approximate surface area is 128 Å². The zero-order valence-electron chi connectivity index (χ0n) is 9.63. The summed E-state index contributed by atoms with van der Waals surface area (Å²) in [5.41, 5.74) is 3.74. The molecule has 6 heteroatoms. The highest BCUT2D eigenvalue weighted by molar-refractivity contribution is 9.10. The molecule has 0 amide bonds. The molecule has 3 N–H and O–H groups in total. The zero-order chi connectivity index (χ0) is 14.0. The molecule has 2 rings (SSSR count). The van der Waals surface area contributed by atoms with Gasteiger partial charge >= 0.3 is 0 Å². The molecule has 0 spiro atoms. The minimum Gasteiger partial charge on any atom is -0.271 e. The van der Waals surface area contributed by atoms with Crippen LogP contribution in [0.15, 0.2) is 40.9 Å². The molecule has 2 aromatic rings. The number of halogens is 4. The van der Waals surface area contributed by atoms with Crippen LogP contribution < -0.4 is 11.3 Å². The number of nitrogens with one attached hydrogen (secondary N) is 1. The van der Waals surface area contributed by atoms with Gasteiger partial charge in [0.05, 0.1) is 16.1 Å². The highest BCUT2D eigenvalue weighted by Crippen LogP contribution is 2.33. The molecule has 0 aliphatic heterocycles. The molecule has 2 nitrogen and oxygen atoms in total. The van der Waals surface area contributed by atoms with Crippen LogP contribution in [0.1, 0.15) is 17.2 Å². The molecule has 0 aliphatic carbocycles. The van der Waals surface area contributed by atoms with Crippen LogP contribution in [0.25, 0.3) is 0 Å². The predicted molar refractivity (Wildman–Crippen MR) is 79.7 cm³/mol. The highest BCUT2D eigenvalue weighted by Gasteiger charge is 2.20. The fourth-order valence-corrected chi connectivity index (χ4v) is 2.70. The Kier molecular flexibility index (Phi) is 4.81. The lowest BCUT2D eigenvalue weighted by atomic mass is 9.99. The van der Waals surface area contributed by atoms with Gasteiger partial charge in [-0.1, -0.05) is 51.3 Å². The van der Waals surface area contributed by atoms with E-state index in [1.54, 1.807) is 30.3 Å². The second kappa shape index (κ2) is 6.20. The van der Waals surface area contributed by atoms with E-state index in [0.29, 0.717) is 20.1 Å². The van der Waals surface area contributed by atoms with Gasteiger partial charge in [-0.2, -0.15) is 0 Å². The van der Waals surface area contributed by atoms with Crippen LogP contribution in [-0.2, 0) is 0 Å². The third kappa shape index (κ3) is 3.09. The first kappa shape index (κ1) is 14.8. The number of nitrogens with two attached hydrogens (primary N) is 1. The van der Waals surface area contributed by atoms with Gasteiger partial charge < -0.3 is 0 Å². The van der Waals surface area contributed by atoms with Gasteiger partial charge in [-0.15, -0.1) is 0 Å². The molecule has 0 saturated heterocycles. The fraction of sp³-hybridized carbons (Fsp3) is 0.0769. The van der Waals surface area contributed by atoms with Crippen LogP contribution in [0.3, 0.4) is 0 Å². The minimum absolute atomic E-state index is 0.358. The third-order valence-electron chi connectivity index (χ3n) is 2.73. The summed E-state index contributed by atoms with van der Waals surface area (Å²) in [6.45, 7) is 0. The normalized spacial score (nSPS) is 12.5. The predicted octanol–water partition coefficient (Wildman–Crippen LogP) is 4.45. The first-order chi connectivity index (χ1) is 9.04. The maximum Gasteiger partial charge on any atom is 0.129 e. The topological polar surface area (TPSA) is 38.0 Å². The molecule has 1 atom stereocenters. The SMILES string of the molecule is NNC(c1ccc(Cl)c(Cl)c1)c1c(F)cccc1Br. The Morgan fingerprint density at radius 2 is 1.89 bits per heavy atom. The lowest BCUT2D eigenvalue weighted by Gasteiger charge is -2.19. The van der Waals surface area contributed by atoms with Gasteiger partial charge in [0.25, 0.3) is 0 Å². The van der Waals surface area contributed by atoms with Gasteiger partial charge in [0.15, 0.2) is 0 Å². The van der Waals surface area contributed by atoms with Gasteiger partial charge in [-0.05, 0) is 29.8 Å². The number of hydrogen-bond donors (Lipinski definition) is 2. The number of benzene rings is 2. The average molecular weight is 364 g/mol. The van der Waals surface area contributed by atoms with Crippen molar-refractivity contribution in [1.82, 2.24) is 5.43 Å². The molecular weight excluding hydrogens is 354 g/mol. The summed E-state index contributed by atoms with van der Waals surface area (Å²) in [7, 11) is 0. The summed E-state index contributed by atoms with van der Waals surface area (Å²) in [5.74, 6) is 5.19. The lowest BCUT2D eigenvalue weighted by Crippen LogP contribution is -2.29. The Balaban J connectivity index is 2.53. The van der Waals surface area contributed by atoms with E-state index in [0.717, 1.165) is 5.56 Å². The molecule has 0 fully saturated rings. The Hall–Kier alpha value is -0.650. The molecule has 0 saturated carbocycles. The van der Waals surface area contributed by atoms with Crippen LogP contribution >= 0.6 is 39.1 Å². The zero-order valence-corrected chi connectivity index (χ0v) is 12.7. The smallest absolute Gasteiger partial charge is 0.129 e. The van der Waals surface area contributed by atoms with Crippen molar-refractivity contribution in [1.29, 1.82) is 0 Å². The van der Waals surface area contributed by atoms with Crippen molar-refractivity contribution in [3.05, 3.63) is 67.9 Å². The second-order valence-corrected chi connectivity index (χ2v) is 5.58. The minimum atomic E-state index is -0.523. The van der Waals surface area contributed by atoms with Crippen LogP contribution in [0.5, 0.6) is 0 Å². The number of hydrogen-bond acceptors (Lipinski definition) is 2. The standard InChI is InChI=1S/C13H10BrCl2FN2/c14-8-2-1-3-11(17)12(8)13(19-18)7-4-5-9(15)10(16)6-7/h1-6,13,19H,18H2. The van der Waals surface area contributed by atoms with Crippen molar-refractivity contribution in [2.24, 2.45) is 5.84 Å². The monoisotopic (exact) mass is 362 g/mol. The second-order valence-electron chi connectivity index (χ2n) is 3.91. The van der Waals surface area contributed by atoms with Gasteiger partial charge in [-0.3, -0.25) is 5.84 Å². The molecule has 0 bridgehead atoms. The fourth-order valence-electron chi connectivity index (χ4n) is 1.82. The van der Waals surface area contributed by atoms with E-state index in [2.05, 4.69) is 21.4 Å². The number of hydrazine groups is 1. The van der Waals surface area contributed by atoms with Gasteiger partial charge in [0.2, 0.25) is 0 Å². The maximum atomic E-state index is 14.0. The Bertz CT molecular complexity index is 587. The van der Waals surface area contributed by atoms with E-state index < -0.39 is 6.04 Å². The largest absolute Gasteiger partial charge is 0.271 e. The van der Waals surface area contributed by atoms with E-state index in [4.69, 9.17) is 29.0 Å². The molecule has 19 heavy (non-hydrogen) atoms. The van der Waals surface area contributed by atoms with Crippen molar-refractivity contribution >= 4 is 39.1 Å². The number of rotatable bonds is 3. The molecule has 2 aromatic carbocycles. The van der Waals surface area contributed by atoms with Crippen LogP contribution in [0, 0.1) is 5.82 Å². The first-order valence-electron chi connectivity index (χ1n) is 5.39. The average Bonchev–Trinajstić information content (AvgIpc) is 2.37. The molecular formula is C13H10BrCl2FN2. The van der Waals surface area contributed by atoms with Crippen molar-refractivity contribution in [3.8, 4) is 0 Å². The summed E-state index contributed by atoms with van der Waals surface area (Å²) in [6, 6.07) is 9.28.